The smallest absolute Gasteiger partial charge is 0.319 e. The van der Waals surface area contributed by atoms with E-state index in [-0.39, 0.29) is 30.3 Å². The topological polar surface area (TPSA) is 86.6 Å². The normalized spacial score (nSPS) is 16.7. The fraction of sp³-hybridized carbons (Fsp3) is 0.524. The predicted molar refractivity (Wildman–Crippen MR) is 112 cm³/mol. The van der Waals surface area contributed by atoms with Gasteiger partial charge in [0.2, 0.25) is 0 Å². The van der Waals surface area contributed by atoms with Crippen LogP contribution in [0.3, 0.4) is 0 Å². The van der Waals surface area contributed by atoms with Crippen molar-refractivity contribution in [1.29, 1.82) is 0 Å². The van der Waals surface area contributed by atoms with Crippen molar-refractivity contribution < 1.29 is 14.0 Å². The highest BCUT2D eigenvalue weighted by molar-refractivity contribution is 5.74. The van der Waals surface area contributed by atoms with Crippen LogP contribution in [0, 0.1) is 5.82 Å². The molecular formula is C21H28FN7O2. The molecule has 166 valence electrons. The highest BCUT2D eigenvalue weighted by atomic mass is 19.1. The Morgan fingerprint density at radius 3 is 2.61 bits per heavy atom. The summed E-state index contributed by atoms with van der Waals surface area (Å²) < 4.78 is 15.4. The number of amides is 4. The largest absolute Gasteiger partial charge is 0.334 e. The van der Waals surface area contributed by atoms with E-state index >= 15 is 0 Å². The van der Waals surface area contributed by atoms with Crippen molar-refractivity contribution >= 4 is 12.1 Å². The lowest BCUT2D eigenvalue weighted by atomic mass is 9.96. The molecule has 4 rings (SSSR count). The average Bonchev–Trinajstić information content (AvgIpc) is 3.20. The number of nitrogens with one attached hydrogen (secondary N) is 1. The number of halogens is 1. The van der Waals surface area contributed by atoms with Crippen LogP contribution in [0.5, 0.6) is 0 Å². The fourth-order valence-electron chi connectivity index (χ4n) is 4.20. The molecule has 9 nitrogen and oxygen atoms in total. The summed E-state index contributed by atoms with van der Waals surface area (Å²) in [6, 6.07) is 6.04. The Bertz CT molecular complexity index is 953. The molecule has 3 heterocycles. The molecule has 2 aliphatic rings. The van der Waals surface area contributed by atoms with E-state index in [1.54, 1.807) is 36.0 Å². The molecule has 31 heavy (non-hydrogen) atoms. The minimum atomic E-state index is -0.317. The average molecular weight is 430 g/mol. The molecule has 1 fully saturated rings. The van der Waals surface area contributed by atoms with Crippen LogP contribution in [0.15, 0.2) is 24.3 Å². The molecule has 1 N–H and O–H groups in total. The summed E-state index contributed by atoms with van der Waals surface area (Å²) in [4.78, 5) is 29.9. The molecule has 0 bridgehead atoms. The third kappa shape index (κ3) is 4.62. The maximum absolute atomic E-state index is 13.3. The Morgan fingerprint density at radius 1 is 1.13 bits per heavy atom. The molecule has 0 radical (unpaired) electrons. The van der Waals surface area contributed by atoms with Gasteiger partial charge in [0, 0.05) is 52.7 Å². The van der Waals surface area contributed by atoms with Crippen molar-refractivity contribution in [3.8, 4) is 0 Å². The van der Waals surface area contributed by atoms with Crippen LogP contribution in [0.1, 0.15) is 36.0 Å². The summed E-state index contributed by atoms with van der Waals surface area (Å²) in [6.45, 7) is 3.28. The van der Waals surface area contributed by atoms with Crippen molar-refractivity contribution in [2.75, 3.05) is 33.7 Å². The van der Waals surface area contributed by atoms with Gasteiger partial charge in [0.1, 0.15) is 11.6 Å². The monoisotopic (exact) mass is 429 g/mol. The van der Waals surface area contributed by atoms with Gasteiger partial charge in [-0.25, -0.2) is 14.0 Å². The summed E-state index contributed by atoms with van der Waals surface area (Å²) in [7, 11) is 3.53. The Morgan fingerprint density at radius 2 is 1.90 bits per heavy atom. The molecule has 2 aromatic rings. The van der Waals surface area contributed by atoms with Gasteiger partial charge >= 0.3 is 12.1 Å². The van der Waals surface area contributed by atoms with Gasteiger partial charge in [0.15, 0.2) is 5.82 Å². The molecule has 0 atom stereocenters. The zero-order valence-electron chi connectivity index (χ0n) is 17.9. The molecule has 1 aromatic heterocycles. The molecule has 1 aromatic carbocycles. The van der Waals surface area contributed by atoms with Gasteiger partial charge in [0.05, 0.1) is 6.54 Å². The second-order valence-corrected chi connectivity index (χ2v) is 8.27. The van der Waals surface area contributed by atoms with E-state index in [0.29, 0.717) is 32.7 Å². The third-order valence-electron chi connectivity index (χ3n) is 5.91. The summed E-state index contributed by atoms with van der Waals surface area (Å²) in [5, 5.41) is 11.6. The minimum Gasteiger partial charge on any atom is -0.334 e. The molecule has 1 saturated heterocycles. The van der Waals surface area contributed by atoms with E-state index in [2.05, 4.69) is 20.1 Å². The minimum absolute atomic E-state index is 0.0432. The number of carbonyl (C=O) groups excluding carboxylic acids is 2. The number of nitrogens with zero attached hydrogens (tertiary/aromatic N) is 6. The second-order valence-electron chi connectivity index (χ2n) is 8.27. The van der Waals surface area contributed by atoms with Crippen molar-refractivity contribution in [3.63, 3.8) is 0 Å². The number of likely N-dealkylation sites (tertiary alicyclic amines) is 1. The van der Waals surface area contributed by atoms with Crippen LogP contribution in [0.2, 0.25) is 0 Å². The molecule has 10 heteroatoms. The van der Waals surface area contributed by atoms with Gasteiger partial charge < -0.3 is 24.6 Å². The van der Waals surface area contributed by atoms with Gasteiger partial charge in [-0.3, -0.25) is 0 Å². The van der Waals surface area contributed by atoms with E-state index in [9.17, 15) is 14.0 Å². The summed E-state index contributed by atoms with van der Waals surface area (Å²) in [5.41, 5.74) is 0.718. The molecular weight excluding hydrogens is 401 g/mol. The molecule has 0 saturated carbocycles. The van der Waals surface area contributed by atoms with Crippen molar-refractivity contribution in [1.82, 2.24) is 34.8 Å². The van der Waals surface area contributed by atoms with E-state index in [0.717, 1.165) is 30.1 Å². The lowest BCUT2D eigenvalue weighted by Crippen LogP contribution is -2.45. The van der Waals surface area contributed by atoms with Crippen LogP contribution in [-0.4, -0.2) is 75.3 Å². The standard InChI is InChI=1S/C21H28FN7O2/c1-26(2)21(31)27-8-6-16(7-9-27)19-25-24-18-14-28(10-11-29(18)19)20(30)23-13-15-4-3-5-17(22)12-15/h3-5,12,16H,6-11,13-14H2,1-2H3,(H,23,30). The predicted octanol–water partition coefficient (Wildman–Crippen LogP) is 2.00. The highest BCUT2D eigenvalue weighted by Gasteiger charge is 2.31. The first-order valence-corrected chi connectivity index (χ1v) is 10.6. The summed E-state index contributed by atoms with van der Waals surface area (Å²) >= 11 is 0. The Labute approximate surface area is 180 Å². The first-order chi connectivity index (χ1) is 14.9. The number of fused-ring (bicyclic) bond motifs is 1. The number of piperidine rings is 1. The summed E-state index contributed by atoms with van der Waals surface area (Å²) in [5.74, 6) is 1.67. The van der Waals surface area contributed by atoms with Gasteiger partial charge in [0.25, 0.3) is 0 Å². The molecule has 0 spiro atoms. The number of benzene rings is 1. The van der Waals surface area contributed by atoms with Crippen LogP contribution in [0.25, 0.3) is 0 Å². The Balaban J connectivity index is 1.33. The molecule has 0 aliphatic carbocycles. The van der Waals surface area contributed by atoms with Gasteiger partial charge in [-0.1, -0.05) is 12.1 Å². The zero-order chi connectivity index (χ0) is 22.0. The number of carbonyl (C=O) groups is 2. The van der Waals surface area contributed by atoms with Crippen LogP contribution in [0.4, 0.5) is 14.0 Å². The molecule has 4 amide bonds. The number of hydrogen-bond acceptors (Lipinski definition) is 4. The van der Waals surface area contributed by atoms with E-state index in [1.165, 1.54) is 12.1 Å². The highest BCUT2D eigenvalue weighted by Crippen LogP contribution is 2.29. The van der Waals surface area contributed by atoms with Crippen LogP contribution < -0.4 is 5.32 Å². The first kappa shape index (κ1) is 21.1. The van der Waals surface area contributed by atoms with Crippen molar-refractivity contribution in [2.24, 2.45) is 0 Å². The van der Waals surface area contributed by atoms with Gasteiger partial charge in [-0.2, -0.15) is 0 Å². The van der Waals surface area contributed by atoms with Crippen LogP contribution in [-0.2, 0) is 19.6 Å². The molecule has 0 unspecified atom stereocenters. The second kappa shape index (κ2) is 8.91. The number of urea groups is 2. The molecule has 2 aliphatic heterocycles. The van der Waals surface area contributed by atoms with Gasteiger partial charge in [-0.15, -0.1) is 10.2 Å². The maximum atomic E-state index is 13.3. The van der Waals surface area contributed by atoms with Crippen molar-refractivity contribution in [2.45, 2.75) is 38.4 Å². The lowest BCUT2D eigenvalue weighted by molar-refractivity contribution is 0.154. The Hall–Kier alpha value is -3.17. The summed E-state index contributed by atoms with van der Waals surface area (Å²) in [6.07, 6.45) is 1.71. The SMILES string of the molecule is CN(C)C(=O)N1CCC(c2nnc3n2CCN(C(=O)NCc2cccc(F)c2)C3)CC1. The van der Waals surface area contributed by atoms with Crippen molar-refractivity contribution in [3.05, 3.63) is 47.3 Å². The number of rotatable bonds is 3. The van der Waals surface area contributed by atoms with Gasteiger partial charge in [-0.05, 0) is 30.5 Å². The fourth-order valence-corrected chi connectivity index (χ4v) is 4.20. The number of aromatic nitrogens is 3. The number of hydrogen-bond donors (Lipinski definition) is 1. The quantitative estimate of drug-likeness (QED) is 0.809. The lowest BCUT2D eigenvalue weighted by Gasteiger charge is -2.34. The Kier molecular flexibility index (Phi) is 6.06. The maximum Gasteiger partial charge on any atom is 0.319 e. The third-order valence-corrected chi connectivity index (χ3v) is 5.91. The zero-order valence-corrected chi connectivity index (χ0v) is 17.9. The van der Waals surface area contributed by atoms with E-state index in [1.807, 2.05) is 4.90 Å². The van der Waals surface area contributed by atoms with E-state index in [4.69, 9.17) is 0 Å². The first-order valence-electron chi connectivity index (χ1n) is 10.6. The van der Waals surface area contributed by atoms with Crippen LogP contribution >= 0.6 is 0 Å². The van der Waals surface area contributed by atoms with E-state index < -0.39 is 0 Å².